The number of nitrogens with one attached hydrogen (secondary N) is 2. The van der Waals surface area contributed by atoms with Crippen LogP contribution in [-0.4, -0.2) is 80.1 Å². The van der Waals surface area contributed by atoms with Crippen molar-refractivity contribution >= 4 is 33.8 Å². The number of aromatic nitrogens is 1. The number of fused-ring (bicyclic) bond motifs is 2. The highest BCUT2D eigenvalue weighted by Crippen LogP contribution is 2.51. The van der Waals surface area contributed by atoms with Crippen LogP contribution in [0.3, 0.4) is 0 Å². The zero-order valence-electron chi connectivity index (χ0n) is 22.0. The molecule has 14 heteroatoms. The molecule has 2 amide bonds. The van der Waals surface area contributed by atoms with Gasteiger partial charge in [0.1, 0.15) is 22.3 Å². The Morgan fingerprint density at radius 1 is 1.27 bits per heavy atom. The number of pyridine rings is 1. The number of thioether (sulfide) groups is 1. The number of methoxy groups -OCH3 is 1. The molecule has 0 radical (unpaired) electrons. The van der Waals surface area contributed by atoms with Gasteiger partial charge in [0.25, 0.3) is 5.91 Å². The molecule has 3 N–H and O–H groups in total. The molecule has 0 saturated carbocycles. The van der Waals surface area contributed by atoms with Crippen molar-refractivity contribution in [1.82, 2.24) is 14.5 Å². The van der Waals surface area contributed by atoms with E-state index in [1.807, 2.05) is 11.9 Å². The molecule has 1 aromatic carbocycles. The Labute approximate surface area is 232 Å². The minimum absolute atomic E-state index is 0.0580. The standard InChI is InChI=1S/C26H28F2N6O5S/c1-4-32-24(37)20-22(36)21(35)16(23(30)40-19(29)9-14-5-6-15(27)10-18(14)28)11-33(20)34-13(2)17-12-31(25(38)39-3)8-7-26(17,32)34/h5-6,10-11,13,17,29-30,36H,4,7-9,12H2,1-3H3. The first-order valence-electron chi connectivity index (χ1n) is 12.7. The van der Waals surface area contributed by atoms with E-state index in [1.165, 1.54) is 24.0 Å². The Morgan fingerprint density at radius 2 is 2.00 bits per heavy atom. The molecule has 11 nitrogen and oxygen atoms in total. The second-order valence-corrected chi connectivity index (χ2v) is 11.1. The first-order valence-corrected chi connectivity index (χ1v) is 13.5. The van der Waals surface area contributed by atoms with Gasteiger partial charge in [-0.15, -0.1) is 0 Å². The molecule has 2 aromatic rings. The number of ether oxygens (including phenoxy) is 1. The van der Waals surface area contributed by atoms with Crippen molar-refractivity contribution in [3.8, 4) is 5.75 Å². The van der Waals surface area contributed by atoms with Crippen molar-refractivity contribution in [2.45, 2.75) is 38.4 Å². The molecule has 3 unspecified atom stereocenters. The molecule has 2 fully saturated rings. The molecular formula is C26H28F2N6O5S. The van der Waals surface area contributed by atoms with Gasteiger partial charge in [-0.05, 0) is 25.5 Å². The molecule has 1 aromatic heterocycles. The fourth-order valence-corrected chi connectivity index (χ4v) is 6.98. The summed E-state index contributed by atoms with van der Waals surface area (Å²) >= 11 is 0.598. The molecule has 212 valence electrons. The van der Waals surface area contributed by atoms with Crippen LogP contribution in [0, 0.1) is 28.4 Å². The van der Waals surface area contributed by atoms with E-state index >= 15 is 0 Å². The maximum atomic E-state index is 14.1. The highest BCUT2D eigenvalue weighted by Gasteiger charge is 2.68. The minimum atomic E-state index is -0.935. The molecular weight excluding hydrogens is 546 g/mol. The number of aromatic hydroxyl groups is 1. The van der Waals surface area contributed by atoms with E-state index in [-0.39, 0.29) is 45.3 Å². The smallest absolute Gasteiger partial charge is 0.409 e. The highest BCUT2D eigenvalue weighted by molar-refractivity contribution is 8.26. The van der Waals surface area contributed by atoms with Gasteiger partial charge in [0.15, 0.2) is 11.4 Å². The lowest BCUT2D eigenvalue weighted by molar-refractivity contribution is -0.110. The fourth-order valence-electron chi connectivity index (χ4n) is 6.25. The number of carbonyl (C=O) groups is 2. The summed E-state index contributed by atoms with van der Waals surface area (Å²) < 4.78 is 33.6. The molecule has 0 aliphatic carbocycles. The van der Waals surface area contributed by atoms with Gasteiger partial charge in [-0.3, -0.25) is 30.1 Å². The van der Waals surface area contributed by atoms with Crippen LogP contribution in [0.1, 0.15) is 41.9 Å². The quantitative estimate of drug-likeness (QED) is 0.376. The summed E-state index contributed by atoms with van der Waals surface area (Å²) in [5.74, 6) is -3.07. The molecule has 1 spiro atoms. The number of rotatable bonds is 4. The van der Waals surface area contributed by atoms with Crippen molar-refractivity contribution in [2.75, 3.05) is 31.8 Å². The van der Waals surface area contributed by atoms with Crippen molar-refractivity contribution < 1.29 is 28.2 Å². The Kier molecular flexibility index (Phi) is 6.84. The number of halogens is 2. The van der Waals surface area contributed by atoms with Crippen molar-refractivity contribution in [3.63, 3.8) is 0 Å². The van der Waals surface area contributed by atoms with Crippen LogP contribution in [0.15, 0.2) is 29.2 Å². The number of hydrogen-bond acceptors (Lipinski definition) is 9. The van der Waals surface area contributed by atoms with Gasteiger partial charge in [0.2, 0.25) is 5.43 Å². The largest absolute Gasteiger partial charge is 0.502 e. The van der Waals surface area contributed by atoms with E-state index in [0.29, 0.717) is 43.9 Å². The van der Waals surface area contributed by atoms with Gasteiger partial charge >= 0.3 is 6.09 Å². The lowest BCUT2D eigenvalue weighted by atomic mass is 9.69. The van der Waals surface area contributed by atoms with Crippen LogP contribution in [-0.2, 0) is 11.2 Å². The molecule has 4 heterocycles. The van der Waals surface area contributed by atoms with Crippen LogP contribution >= 0.6 is 11.8 Å². The number of carbonyl (C=O) groups excluding carboxylic acids is 2. The molecule has 3 aliphatic heterocycles. The number of benzene rings is 1. The fraction of sp³-hybridized carbons (Fsp3) is 0.423. The van der Waals surface area contributed by atoms with Crippen molar-refractivity contribution in [3.05, 3.63) is 63.1 Å². The van der Waals surface area contributed by atoms with Crippen molar-refractivity contribution in [1.29, 1.82) is 10.8 Å². The average molecular weight is 575 g/mol. The Bertz CT molecular complexity index is 1520. The van der Waals surface area contributed by atoms with E-state index in [2.05, 4.69) is 0 Å². The lowest BCUT2D eigenvalue weighted by Crippen LogP contribution is -2.88. The number of piperidine rings is 1. The number of likely N-dealkylation sites (tertiary alicyclic amines) is 1. The normalized spacial score (nSPS) is 23.1. The third kappa shape index (κ3) is 3.95. The second kappa shape index (κ2) is 9.91. The first kappa shape index (κ1) is 27.6. The van der Waals surface area contributed by atoms with E-state index < -0.39 is 40.5 Å². The lowest BCUT2D eigenvalue weighted by Gasteiger charge is -2.71. The monoisotopic (exact) mass is 574 g/mol. The van der Waals surface area contributed by atoms with Crippen LogP contribution < -0.4 is 10.4 Å². The molecule has 2 saturated heterocycles. The Hall–Kier alpha value is -3.94. The third-order valence-corrected chi connectivity index (χ3v) is 8.84. The van der Waals surface area contributed by atoms with Crippen LogP contribution in [0.4, 0.5) is 13.6 Å². The van der Waals surface area contributed by atoms with E-state index in [4.69, 9.17) is 15.6 Å². The highest BCUT2D eigenvalue weighted by atomic mass is 32.2. The third-order valence-electron chi connectivity index (χ3n) is 8.02. The summed E-state index contributed by atoms with van der Waals surface area (Å²) in [6, 6.07) is 2.76. The first-order chi connectivity index (χ1) is 19.0. The minimum Gasteiger partial charge on any atom is -0.502 e. The molecule has 40 heavy (non-hydrogen) atoms. The summed E-state index contributed by atoms with van der Waals surface area (Å²) in [7, 11) is 1.31. The maximum Gasteiger partial charge on any atom is 0.409 e. The van der Waals surface area contributed by atoms with Crippen molar-refractivity contribution in [2.24, 2.45) is 5.92 Å². The zero-order valence-corrected chi connectivity index (χ0v) is 22.8. The Balaban J connectivity index is 1.48. The molecule has 5 rings (SSSR count). The van der Waals surface area contributed by atoms with Crippen LogP contribution in [0.2, 0.25) is 0 Å². The van der Waals surface area contributed by atoms with Gasteiger partial charge in [-0.2, -0.15) is 0 Å². The second-order valence-electron chi connectivity index (χ2n) is 9.97. The zero-order chi connectivity index (χ0) is 29.1. The molecule has 3 atom stereocenters. The van der Waals surface area contributed by atoms with Gasteiger partial charge in [-0.25, -0.2) is 13.6 Å². The Morgan fingerprint density at radius 3 is 2.65 bits per heavy atom. The summed E-state index contributed by atoms with van der Waals surface area (Å²) in [6.45, 7) is 4.70. The van der Waals surface area contributed by atoms with E-state index in [9.17, 15) is 28.3 Å². The summed E-state index contributed by atoms with van der Waals surface area (Å²) in [5, 5.41) is 29.0. The van der Waals surface area contributed by atoms with Gasteiger partial charge in [0.05, 0.1) is 23.8 Å². The summed E-state index contributed by atoms with van der Waals surface area (Å²) in [4.78, 5) is 42.2. The number of amides is 2. The molecule has 3 aliphatic rings. The number of nitrogens with zero attached hydrogens (tertiary/aromatic N) is 4. The van der Waals surface area contributed by atoms with Crippen LogP contribution in [0.25, 0.3) is 0 Å². The molecule has 0 bridgehead atoms. The van der Waals surface area contributed by atoms with Gasteiger partial charge in [0, 0.05) is 50.7 Å². The van der Waals surface area contributed by atoms with E-state index in [0.717, 1.165) is 6.07 Å². The SMILES string of the molecule is CCN1C(=O)c2c(O)c(=O)c(C(=N)SC(=N)Cc3ccc(F)cc3F)cn2N2C(C)C3CN(C(=O)OC)CCC312. The predicted octanol–water partition coefficient (Wildman–Crippen LogP) is 2.71. The average Bonchev–Trinajstić information content (AvgIpc) is 2.91. The maximum absolute atomic E-state index is 14.1. The summed E-state index contributed by atoms with van der Waals surface area (Å²) in [6.07, 6.45) is 1.04. The topological polar surface area (TPSA) is 143 Å². The van der Waals surface area contributed by atoms with E-state index in [1.54, 1.807) is 16.7 Å². The van der Waals surface area contributed by atoms with Gasteiger partial charge < -0.3 is 19.6 Å². The summed E-state index contributed by atoms with van der Waals surface area (Å²) in [5.41, 5.74) is -2.14. The predicted molar refractivity (Wildman–Crippen MR) is 144 cm³/mol. The number of hydrogen-bond donors (Lipinski definition) is 3. The van der Waals surface area contributed by atoms with Gasteiger partial charge in [-0.1, -0.05) is 17.8 Å². The van der Waals surface area contributed by atoms with Crippen LogP contribution in [0.5, 0.6) is 5.75 Å².